The van der Waals surface area contributed by atoms with Gasteiger partial charge < -0.3 is 0 Å². The Morgan fingerprint density at radius 3 is 1.81 bits per heavy atom. The lowest BCUT2D eigenvalue weighted by Gasteiger charge is -2.17. The molecule has 0 aliphatic rings. The SMILES string of the molecule is c1ccc(C(CC[n+]2ccn(-c3ccccc3)c2)c2ccccc2)cc1. The third kappa shape index (κ3) is 3.75. The maximum Gasteiger partial charge on any atom is 0.248 e. The minimum atomic E-state index is 0.407. The molecule has 2 nitrogen and oxygen atoms in total. The lowest BCUT2D eigenvalue weighted by atomic mass is 9.88. The highest BCUT2D eigenvalue weighted by Gasteiger charge is 2.15. The van der Waals surface area contributed by atoms with E-state index in [0.717, 1.165) is 13.0 Å². The summed E-state index contributed by atoms with van der Waals surface area (Å²) in [6.07, 6.45) is 7.51. The molecular formula is C24H23N2+. The van der Waals surface area contributed by atoms with E-state index in [-0.39, 0.29) is 0 Å². The average molecular weight is 339 g/mol. The van der Waals surface area contributed by atoms with Crippen molar-refractivity contribution in [3.8, 4) is 5.69 Å². The number of para-hydroxylation sites is 1. The van der Waals surface area contributed by atoms with Crippen LogP contribution in [0.25, 0.3) is 5.69 Å². The molecule has 1 aromatic heterocycles. The van der Waals surface area contributed by atoms with Gasteiger partial charge >= 0.3 is 0 Å². The molecule has 0 radical (unpaired) electrons. The molecule has 0 atom stereocenters. The van der Waals surface area contributed by atoms with E-state index in [4.69, 9.17) is 0 Å². The van der Waals surface area contributed by atoms with Crippen LogP contribution in [-0.4, -0.2) is 4.57 Å². The van der Waals surface area contributed by atoms with Crippen LogP contribution in [-0.2, 0) is 6.54 Å². The summed E-state index contributed by atoms with van der Waals surface area (Å²) in [5, 5.41) is 0. The van der Waals surface area contributed by atoms with Crippen LogP contribution < -0.4 is 4.57 Å². The largest absolute Gasteiger partial charge is 0.248 e. The fourth-order valence-electron chi connectivity index (χ4n) is 3.45. The third-order valence-corrected chi connectivity index (χ3v) is 4.83. The predicted octanol–water partition coefficient (Wildman–Crippen LogP) is 4.99. The summed E-state index contributed by atoms with van der Waals surface area (Å²) in [6.45, 7) is 0.980. The number of rotatable bonds is 6. The number of aromatic nitrogens is 2. The summed E-state index contributed by atoms with van der Waals surface area (Å²) >= 11 is 0. The monoisotopic (exact) mass is 339 g/mol. The second-order valence-corrected chi connectivity index (χ2v) is 6.56. The number of imidazole rings is 1. The van der Waals surface area contributed by atoms with E-state index in [9.17, 15) is 0 Å². The Kier molecular flexibility index (Phi) is 4.92. The summed E-state index contributed by atoms with van der Waals surface area (Å²) < 4.78 is 4.44. The first-order valence-corrected chi connectivity index (χ1v) is 9.12. The Morgan fingerprint density at radius 1 is 0.692 bits per heavy atom. The molecule has 0 spiro atoms. The van der Waals surface area contributed by atoms with Gasteiger partial charge in [-0.15, -0.1) is 0 Å². The lowest BCUT2D eigenvalue weighted by molar-refractivity contribution is -0.696. The van der Waals surface area contributed by atoms with Crippen LogP contribution in [0.4, 0.5) is 0 Å². The van der Waals surface area contributed by atoms with Gasteiger partial charge in [0.1, 0.15) is 18.1 Å². The third-order valence-electron chi connectivity index (χ3n) is 4.83. The zero-order valence-electron chi connectivity index (χ0n) is 14.8. The molecule has 128 valence electrons. The highest BCUT2D eigenvalue weighted by atomic mass is 15.1. The number of hydrogen-bond donors (Lipinski definition) is 0. The Balaban J connectivity index is 1.53. The Labute approximate surface area is 155 Å². The first-order valence-electron chi connectivity index (χ1n) is 9.12. The fourth-order valence-corrected chi connectivity index (χ4v) is 3.45. The standard InChI is InChI=1S/C24H23N2/c1-4-10-21(11-5-1)24(22-12-6-2-7-13-22)16-17-25-18-19-26(20-25)23-14-8-3-9-15-23/h1-15,18-20,24H,16-17H2/q+1. The van der Waals surface area contributed by atoms with Crippen molar-refractivity contribution >= 4 is 0 Å². The molecule has 0 unspecified atom stereocenters. The molecule has 0 saturated heterocycles. The summed E-state index contributed by atoms with van der Waals surface area (Å²) in [6, 6.07) is 32.1. The van der Waals surface area contributed by atoms with Gasteiger partial charge in [0, 0.05) is 5.92 Å². The topological polar surface area (TPSA) is 8.81 Å². The Bertz CT molecular complexity index is 888. The van der Waals surface area contributed by atoms with E-state index >= 15 is 0 Å². The van der Waals surface area contributed by atoms with Crippen molar-refractivity contribution in [3.63, 3.8) is 0 Å². The van der Waals surface area contributed by atoms with Gasteiger partial charge in [0.25, 0.3) is 0 Å². The van der Waals surface area contributed by atoms with Crippen molar-refractivity contribution in [1.82, 2.24) is 4.57 Å². The highest BCUT2D eigenvalue weighted by Crippen LogP contribution is 2.27. The number of nitrogens with zero attached hydrogens (tertiary/aromatic N) is 2. The van der Waals surface area contributed by atoms with E-state index in [1.165, 1.54) is 16.8 Å². The minimum absolute atomic E-state index is 0.407. The Morgan fingerprint density at radius 2 is 1.23 bits per heavy atom. The van der Waals surface area contributed by atoms with Gasteiger partial charge in [-0.3, -0.25) is 0 Å². The number of benzene rings is 3. The molecule has 0 N–H and O–H groups in total. The van der Waals surface area contributed by atoms with E-state index in [2.05, 4.69) is 113 Å². The molecule has 2 heteroatoms. The van der Waals surface area contributed by atoms with Gasteiger partial charge in [-0.05, 0) is 29.7 Å². The molecule has 3 aromatic carbocycles. The van der Waals surface area contributed by atoms with Crippen LogP contribution in [0.3, 0.4) is 0 Å². The lowest BCUT2D eigenvalue weighted by Crippen LogP contribution is -2.32. The normalized spacial score (nSPS) is 11.0. The zero-order chi connectivity index (χ0) is 17.6. The summed E-state index contributed by atoms with van der Waals surface area (Å²) in [5.74, 6) is 0.407. The second-order valence-electron chi connectivity index (χ2n) is 6.56. The van der Waals surface area contributed by atoms with Crippen LogP contribution in [0.5, 0.6) is 0 Å². The molecule has 0 bridgehead atoms. The molecule has 0 aliphatic heterocycles. The van der Waals surface area contributed by atoms with Crippen molar-refractivity contribution in [2.45, 2.75) is 18.9 Å². The van der Waals surface area contributed by atoms with Gasteiger partial charge in [0.15, 0.2) is 0 Å². The molecule has 4 aromatic rings. The maximum absolute atomic E-state index is 2.27. The molecule has 1 heterocycles. The minimum Gasteiger partial charge on any atom is -0.236 e. The van der Waals surface area contributed by atoms with E-state index in [1.807, 2.05) is 6.07 Å². The molecule has 0 amide bonds. The van der Waals surface area contributed by atoms with E-state index in [1.54, 1.807) is 0 Å². The van der Waals surface area contributed by atoms with E-state index in [0.29, 0.717) is 5.92 Å². The molecule has 0 saturated carbocycles. The van der Waals surface area contributed by atoms with Crippen molar-refractivity contribution < 1.29 is 4.57 Å². The number of hydrogen-bond acceptors (Lipinski definition) is 0. The predicted molar refractivity (Wildman–Crippen MR) is 105 cm³/mol. The molecule has 26 heavy (non-hydrogen) atoms. The van der Waals surface area contributed by atoms with Gasteiger partial charge in [-0.2, -0.15) is 0 Å². The first-order chi connectivity index (χ1) is 12.9. The summed E-state index contributed by atoms with van der Waals surface area (Å²) in [4.78, 5) is 0. The molecule has 0 aliphatic carbocycles. The van der Waals surface area contributed by atoms with Crippen LogP contribution in [0.2, 0.25) is 0 Å². The Hall–Kier alpha value is -3.13. The second kappa shape index (κ2) is 7.83. The molecule has 4 rings (SSSR count). The quantitative estimate of drug-likeness (QED) is 0.438. The maximum atomic E-state index is 2.27. The van der Waals surface area contributed by atoms with Crippen molar-refractivity contribution in [2.24, 2.45) is 0 Å². The summed E-state index contributed by atoms with van der Waals surface area (Å²) in [7, 11) is 0. The van der Waals surface area contributed by atoms with Crippen LogP contribution in [0.1, 0.15) is 23.5 Å². The van der Waals surface area contributed by atoms with E-state index < -0.39 is 0 Å². The van der Waals surface area contributed by atoms with Crippen molar-refractivity contribution in [2.75, 3.05) is 0 Å². The summed E-state index contributed by atoms with van der Waals surface area (Å²) in [5.41, 5.74) is 3.94. The molecule has 0 fully saturated rings. The van der Waals surface area contributed by atoms with Gasteiger partial charge in [0.05, 0.1) is 6.54 Å². The van der Waals surface area contributed by atoms with Crippen LogP contribution in [0.15, 0.2) is 110 Å². The van der Waals surface area contributed by atoms with Gasteiger partial charge in [0.2, 0.25) is 6.33 Å². The average Bonchev–Trinajstić information content (AvgIpc) is 3.20. The van der Waals surface area contributed by atoms with Crippen molar-refractivity contribution in [1.29, 1.82) is 0 Å². The number of aryl methyl sites for hydroxylation is 1. The smallest absolute Gasteiger partial charge is 0.236 e. The highest BCUT2D eigenvalue weighted by molar-refractivity contribution is 5.32. The first kappa shape index (κ1) is 16.3. The van der Waals surface area contributed by atoms with Crippen LogP contribution in [0, 0.1) is 0 Å². The van der Waals surface area contributed by atoms with Gasteiger partial charge in [-0.1, -0.05) is 78.9 Å². The van der Waals surface area contributed by atoms with Crippen LogP contribution >= 0.6 is 0 Å². The van der Waals surface area contributed by atoms with Gasteiger partial charge in [-0.25, -0.2) is 9.13 Å². The molecular weight excluding hydrogens is 316 g/mol. The zero-order valence-corrected chi connectivity index (χ0v) is 14.8. The van der Waals surface area contributed by atoms with Crippen molar-refractivity contribution in [3.05, 3.63) is 121 Å². The fraction of sp³-hybridized carbons (Fsp3) is 0.125.